The Labute approximate surface area is 689 Å². The van der Waals surface area contributed by atoms with Gasteiger partial charge in [0.25, 0.3) is 0 Å². The summed E-state index contributed by atoms with van der Waals surface area (Å²) in [5.41, 5.74) is 14.4. The molecule has 7 rings (SSSR count). The molecule has 2 saturated heterocycles. The molecule has 4 heterocycles. The highest BCUT2D eigenvalue weighted by Gasteiger charge is 2.44. The average molecular weight is 1660 g/mol. The molecule has 37 heteroatoms. The van der Waals surface area contributed by atoms with Gasteiger partial charge in [-0.2, -0.15) is 0 Å². The third kappa shape index (κ3) is 27.5. The van der Waals surface area contributed by atoms with E-state index in [1.807, 2.05) is 26.0 Å². The van der Waals surface area contributed by atoms with Crippen LogP contribution in [0.3, 0.4) is 0 Å². The number of aliphatic carboxylic acids is 2. The van der Waals surface area contributed by atoms with Gasteiger partial charge in [-0.15, -0.1) is 0 Å². The Hall–Kier alpha value is -11.6. The molecule has 5 aromatic rings. The zero-order valence-electron chi connectivity index (χ0n) is 68.6. The lowest BCUT2D eigenvalue weighted by Crippen LogP contribution is -2.62. The highest BCUT2D eigenvalue weighted by molar-refractivity contribution is 6.02. The number of benzene rings is 3. The molecule has 2 aromatic heterocycles. The zero-order valence-corrected chi connectivity index (χ0v) is 68.6. The van der Waals surface area contributed by atoms with Gasteiger partial charge in [-0.3, -0.25) is 71.9 Å². The second kappa shape index (κ2) is 44.8. The van der Waals surface area contributed by atoms with E-state index in [1.54, 1.807) is 76.5 Å². The number of para-hydroxylation sites is 2. The van der Waals surface area contributed by atoms with Crippen molar-refractivity contribution in [3.63, 3.8) is 0 Å². The summed E-state index contributed by atoms with van der Waals surface area (Å²) >= 11 is 0. The summed E-state index contributed by atoms with van der Waals surface area (Å²) in [6.45, 7) is 13.7. The van der Waals surface area contributed by atoms with E-state index >= 15 is 0 Å². The number of aromatic amines is 2. The van der Waals surface area contributed by atoms with Crippen molar-refractivity contribution >= 4 is 111 Å². The maximum atomic E-state index is 14.9. The fourth-order valence-electron chi connectivity index (χ4n) is 14.5. The summed E-state index contributed by atoms with van der Waals surface area (Å²) < 4.78 is 0. The number of carboxylic acid groups (broad SMARTS) is 2. The molecule has 15 atom stereocenters. The summed E-state index contributed by atoms with van der Waals surface area (Å²) in [5.74, 6) is -15.6. The van der Waals surface area contributed by atoms with Crippen LogP contribution in [0.1, 0.15) is 150 Å². The van der Waals surface area contributed by atoms with E-state index in [0.29, 0.717) is 46.0 Å². The zero-order chi connectivity index (χ0) is 87.6. The van der Waals surface area contributed by atoms with Crippen LogP contribution in [0, 0.1) is 17.8 Å². The minimum atomic E-state index is -1.92. The monoisotopic (exact) mass is 1660 g/mol. The number of carbonyl (C=O) groups excluding carboxylic acids is 13. The van der Waals surface area contributed by atoms with Gasteiger partial charge in [-0.05, 0) is 150 Å². The van der Waals surface area contributed by atoms with Crippen LogP contribution in [0.5, 0.6) is 5.75 Å². The van der Waals surface area contributed by atoms with Gasteiger partial charge in [-0.25, -0.2) is 0 Å². The van der Waals surface area contributed by atoms with E-state index in [-0.39, 0.29) is 114 Å². The lowest BCUT2D eigenvalue weighted by Gasteiger charge is -2.31. The number of nitrogens with one attached hydrogen (secondary N) is 13. The van der Waals surface area contributed by atoms with Crippen LogP contribution < -0.4 is 70.0 Å². The number of aliphatic hydroxyl groups is 2. The van der Waals surface area contributed by atoms with E-state index in [4.69, 9.17) is 11.5 Å². The van der Waals surface area contributed by atoms with Crippen LogP contribution >= 0.6 is 0 Å². The number of fused-ring (bicyclic) bond motifs is 2. The maximum absolute atomic E-state index is 14.9. The summed E-state index contributed by atoms with van der Waals surface area (Å²) in [6, 6.07) is -0.632. The van der Waals surface area contributed by atoms with Gasteiger partial charge in [0.2, 0.25) is 76.8 Å². The first-order valence-electron chi connectivity index (χ1n) is 40.4. The molecule has 0 saturated carbocycles. The number of carbonyl (C=O) groups is 15. The fraction of sp³-hybridized carbons (Fsp3) is 0.549. The Balaban J connectivity index is 1.08. The van der Waals surface area contributed by atoms with E-state index < -0.39 is 192 Å². The molecule has 0 unspecified atom stereocenters. The molecule has 0 bridgehead atoms. The predicted molar refractivity (Wildman–Crippen MR) is 436 cm³/mol. The number of unbranched alkanes of at least 4 members (excludes halogenated alkanes) is 1. The summed E-state index contributed by atoms with van der Waals surface area (Å²) in [5, 5.41) is 81.4. The second-order valence-electron chi connectivity index (χ2n) is 32.0. The molecule has 2 fully saturated rings. The normalized spacial score (nSPS) is 17.3. The van der Waals surface area contributed by atoms with Crippen LogP contribution in [-0.4, -0.2) is 251 Å². The molecule has 2 aliphatic heterocycles. The third-order valence-electron chi connectivity index (χ3n) is 20.7. The van der Waals surface area contributed by atoms with Crippen molar-refractivity contribution < 1.29 is 97.5 Å². The van der Waals surface area contributed by atoms with Crippen LogP contribution in [-0.2, 0) is 91.2 Å². The van der Waals surface area contributed by atoms with Crippen LogP contribution in [0.4, 0.5) is 0 Å². The van der Waals surface area contributed by atoms with Gasteiger partial charge in [0, 0.05) is 66.6 Å². The second-order valence-corrected chi connectivity index (χ2v) is 32.0. The number of amides is 13. The third-order valence-corrected chi connectivity index (χ3v) is 20.7. The van der Waals surface area contributed by atoms with Gasteiger partial charge in [0.1, 0.15) is 84.3 Å². The number of likely N-dealkylation sites (tertiary alicyclic amines) is 2. The highest BCUT2D eigenvalue weighted by Crippen LogP contribution is 2.26. The van der Waals surface area contributed by atoms with Crippen molar-refractivity contribution in [3.8, 4) is 5.75 Å². The van der Waals surface area contributed by atoms with E-state index in [2.05, 4.69) is 68.5 Å². The number of carboxylic acids is 2. The number of rotatable bonds is 45. The molecule has 0 radical (unpaired) electrons. The van der Waals surface area contributed by atoms with Crippen molar-refractivity contribution in [2.75, 3.05) is 26.2 Å². The number of phenols is 1. The molecule has 37 nitrogen and oxygen atoms in total. The molecular formula is C82H117N17O20. The summed E-state index contributed by atoms with van der Waals surface area (Å²) in [4.78, 5) is 220. The van der Waals surface area contributed by atoms with Gasteiger partial charge in [0.15, 0.2) is 0 Å². The Morgan fingerprint density at radius 3 is 1.34 bits per heavy atom. The Bertz CT molecular complexity index is 4390. The number of hydrogen-bond donors (Lipinski definition) is 20. The van der Waals surface area contributed by atoms with Crippen LogP contribution in [0.2, 0.25) is 0 Å². The van der Waals surface area contributed by atoms with Crippen molar-refractivity contribution in [3.05, 3.63) is 102 Å². The first-order valence-corrected chi connectivity index (χ1v) is 40.4. The van der Waals surface area contributed by atoms with Crippen molar-refractivity contribution in [2.24, 2.45) is 29.2 Å². The maximum Gasteiger partial charge on any atom is 0.325 e. The number of nitrogens with two attached hydrogens (primary N) is 2. The molecule has 0 spiro atoms. The molecule has 13 amide bonds. The molecule has 22 N–H and O–H groups in total. The Kier molecular flexibility index (Phi) is 35.6. The van der Waals surface area contributed by atoms with Crippen LogP contribution in [0.25, 0.3) is 21.8 Å². The summed E-state index contributed by atoms with van der Waals surface area (Å²) in [7, 11) is 0. The first kappa shape index (κ1) is 94.6. The predicted octanol–water partition coefficient (Wildman–Crippen LogP) is -0.736. The highest BCUT2D eigenvalue weighted by atomic mass is 16.4. The number of phenolic OH excluding ortho intramolecular Hbond substituents is 1. The molecule has 2 aliphatic rings. The van der Waals surface area contributed by atoms with Gasteiger partial charge < -0.3 is 115 Å². The molecule has 650 valence electrons. The number of H-pyrrole nitrogens is 2. The van der Waals surface area contributed by atoms with E-state index in [9.17, 15) is 97.5 Å². The van der Waals surface area contributed by atoms with Crippen LogP contribution in [0.15, 0.2) is 85.2 Å². The number of aromatic nitrogens is 2. The fourth-order valence-corrected chi connectivity index (χ4v) is 14.5. The minimum Gasteiger partial charge on any atom is -0.508 e. The quantitative estimate of drug-likeness (QED) is 0.0214. The summed E-state index contributed by atoms with van der Waals surface area (Å²) in [6.07, 6.45) is 1.08. The number of nitrogens with zero attached hydrogens (tertiary/aromatic N) is 2. The standard InChI is InChI=1S/C82H117N17O20/c1-42(2)32-57(71(107)91-61(37-50-40-86-55-21-13-11-19-53(50)55)74(110)94-62(34-44(5)6)80(116)98-30-16-23-65(98)77(113)87-46(8)82(118)119)89-70(106)56(22-14-15-29-83)88-79(115)68(47(9)101)97-75(111)58(33-43(3)4)93-78(114)66-24-17-31-99(66)81(117)63(38-67(103)104)95-72(108)59(35-48-25-27-51(102)28-26-48)90-73(109)60(36-49-39-85-54-20-12-10-18-52(49)54)92-76(112)64(41-100)96-69(105)45(7)84/h10-13,18-21,25-28,39-40,42-47,56-66,68,85-86,100-102H,14-17,22-24,29-38,41,83-84H2,1-9H3,(H,87,113)(H,88,115)(H,89,106)(H,90,109)(H,91,107)(H,92,112)(H,93,114)(H,94,110)(H,95,108)(H,96,105)(H,97,111)(H,103,104)(H,118,119)/t45-,46-,47+,56-,57-,58-,59-,60-,61-,62-,63-,64-,65-,66-,68-/m0/s1. The van der Waals surface area contributed by atoms with Gasteiger partial charge in [0.05, 0.1) is 25.2 Å². The van der Waals surface area contributed by atoms with E-state index in [1.165, 1.54) is 49.9 Å². The van der Waals surface area contributed by atoms with Gasteiger partial charge in [-0.1, -0.05) is 90.1 Å². The first-order chi connectivity index (χ1) is 56.4. The number of aliphatic hydroxyl groups excluding tert-OH is 2. The molecular weight excluding hydrogens is 1540 g/mol. The van der Waals surface area contributed by atoms with E-state index in [0.717, 1.165) is 10.3 Å². The largest absolute Gasteiger partial charge is 0.508 e. The molecule has 3 aromatic carbocycles. The number of hydrogen-bond acceptors (Lipinski definition) is 20. The molecule has 119 heavy (non-hydrogen) atoms. The van der Waals surface area contributed by atoms with Crippen molar-refractivity contribution in [1.82, 2.24) is 78.3 Å². The van der Waals surface area contributed by atoms with Gasteiger partial charge >= 0.3 is 11.9 Å². The lowest BCUT2D eigenvalue weighted by atomic mass is 9.98. The lowest BCUT2D eigenvalue weighted by molar-refractivity contribution is -0.146. The number of aromatic hydroxyl groups is 1. The van der Waals surface area contributed by atoms with Crippen molar-refractivity contribution in [2.45, 2.75) is 243 Å². The topological polar surface area (TPSA) is 580 Å². The Morgan fingerprint density at radius 2 is 0.866 bits per heavy atom. The molecule has 0 aliphatic carbocycles. The minimum absolute atomic E-state index is 0.0164. The van der Waals surface area contributed by atoms with Crippen molar-refractivity contribution in [1.29, 1.82) is 0 Å². The average Bonchev–Trinajstić information content (AvgIpc) is 1.74. The SMILES string of the molecule is CC(C)C[C@H](NC(=O)[C@H](CCCCN)NC(=O)[C@@H](NC(=O)[C@H](CC(C)C)NC(=O)[C@@H]1CCCN1C(=O)[C@H](CC(=O)O)NC(=O)[C@H](Cc1ccc(O)cc1)NC(=O)[C@H](Cc1c[nH]c2ccccc12)NC(=O)[C@H](CO)NC(=O)[C@H](C)N)[C@@H](C)O)C(=O)N[C@@H](Cc1c[nH]c2ccccc12)C(=O)N[C@@H](CC(C)C)C(=O)N1CCC[C@H]1C(=O)N[C@@H](C)C(=O)O. The smallest absolute Gasteiger partial charge is 0.325 e. The Morgan fingerprint density at radius 1 is 0.462 bits per heavy atom.